The minimum absolute atomic E-state index is 0.619. The zero-order valence-corrected chi connectivity index (χ0v) is 12.0. The standard InChI is InChI=1S/C16H25NO/c1-11-5-7-15(12(2)9-11)17-14-6-8-16(18-4)13(3)10-14/h6,8,10-12,15,17H,5,7,9H2,1-4H3. The number of ether oxygens (including phenoxy) is 1. The summed E-state index contributed by atoms with van der Waals surface area (Å²) in [6, 6.07) is 6.97. The van der Waals surface area contributed by atoms with Crippen LogP contribution in [-0.2, 0) is 0 Å². The summed E-state index contributed by atoms with van der Waals surface area (Å²) in [4.78, 5) is 0. The Morgan fingerprint density at radius 3 is 2.61 bits per heavy atom. The van der Waals surface area contributed by atoms with Crippen LogP contribution in [0.3, 0.4) is 0 Å². The van der Waals surface area contributed by atoms with Gasteiger partial charge < -0.3 is 10.1 Å². The number of methoxy groups -OCH3 is 1. The van der Waals surface area contributed by atoms with Crippen molar-refractivity contribution in [2.24, 2.45) is 11.8 Å². The summed E-state index contributed by atoms with van der Waals surface area (Å²) >= 11 is 0. The second-order valence-corrected chi connectivity index (χ2v) is 5.83. The third-order valence-electron chi connectivity index (χ3n) is 4.18. The van der Waals surface area contributed by atoms with Crippen LogP contribution in [0.25, 0.3) is 0 Å². The third-order valence-corrected chi connectivity index (χ3v) is 4.18. The second-order valence-electron chi connectivity index (χ2n) is 5.83. The summed E-state index contributed by atoms with van der Waals surface area (Å²) in [6.07, 6.45) is 3.97. The number of aryl methyl sites for hydroxylation is 1. The Balaban J connectivity index is 2.03. The predicted octanol–water partition coefficient (Wildman–Crippen LogP) is 4.24. The Kier molecular flexibility index (Phi) is 4.15. The number of rotatable bonds is 3. The number of anilines is 1. The lowest BCUT2D eigenvalue weighted by atomic mass is 9.80. The molecule has 0 heterocycles. The van der Waals surface area contributed by atoms with Crippen LogP contribution in [0, 0.1) is 18.8 Å². The maximum Gasteiger partial charge on any atom is 0.121 e. The van der Waals surface area contributed by atoms with Crippen LogP contribution in [0.2, 0.25) is 0 Å². The van der Waals surface area contributed by atoms with Crippen molar-refractivity contribution >= 4 is 5.69 Å². The number of hydrogen-bond acceptors (Lipinski definition) is 2. The molecule has 1 aromatic rings. The molecule has 3 atom stereocenters. The van der Waals surface area contributed by atoms with Gasteiger partial charge in [0, 0.05) is 11.7 Å². The van der Waals surface area contributed by atoms with Crippen LogP contribution in [0.4, 0.5) is 5.69 Å². The van der Waals surface area contributed by atoms with Gasteiger partial charge in [-0.15, -0.1) is 0 Å². The van der Waals surface area contributed by atoms with E-state index in [1.54, 1.807) is 7.11 Å². The van der Waals surface area contributed by atoms with E-state index in [9.17, 15) is 0 Å². The average molecular weight is 247 g/mol. The Bertz CT molecular complexity index is 402. The summed E-state index contributed by atoms with van der Waals surface area (Å²) in [7, 11) is 1.72. The van der Waals surface area contributed by atoms with Crippen LogP contribution < -0.4 is 10.1 Å². The van der Waals surface area contributed by atoms with Crippen molar-refractivity contribution in [3.05, 3.63) is 23.8 Å². The maximum absolute atomic E-state index is 5.30. The summed E-state index contributed by atoms with van der Waals surface area (Å²) in [5, 5.41) is 3.69. The Morgan fingerprint density at radius 2 is 2.00 bits per heavy atom. The van der Waals surface area contributed by atoms with Crippen LogP contribution in [-0.4, -0.2) is 13.2 Å². The first-order chi connectivity index (χ1) is 8.60. The van der Waals surface area contributed by atoms with Crippen molar-refractivity contribution in [1.82, 2.24) is 0 Å². The fraction of sp³-hybridized carbons (Fsp3) is 0.625. The molecule has 1 aromatic carbocycles. The molecule has 0 amide bonds. The molecule has 0 saturated heterocycles. The van der Waals surface area contributed by atoms with E-state index in [4.69, 9.17) is 4.74 Å². The minimum atomic E-state index is 0.619. The van der Waals surface area contributed by atoms with Crippen LogP contribution in [0.1, 0.15) is 38.7 Å². The van der Waals surface area contributed by atoms with Gasteiger partial charge in [0.1, 0.15) is 5.75 Å². The number of nitrogens with one attached hydrogen (secondary N) is 1. The van der Waals surface area contributed by atoms with Crippen molar-refractivity contribution in [3.63, 3.8) is 0 Å². The van der Waals surface area contributed by atoms with Crippen LogP contribution in [0.5, 0.6) is 5.75 Å². The lowest BCUT2D eigenvalue weighted by molar-refractivity contribution is 0.276. The highest BCUT2D eigenvalue weighted by Crippen LogP contribution is 2.31. The van der Waals surface area contributed by atoms with E-state index in [0.29, 0.717) is 6.04 Å². The normalized spacial score (nSPS) is 27.9. The lowest BCUT2D eigenvalue weighted by Gasteiger charge is -2.34. The quantitative estimate of drug-likeness (QED) is 0.862. The summed E-state index contributed by atoms with van der Waals surface area (Å²) in [5.74, 6) is 2.61. The zero-order chi connectivity index (χ0) is 13.1. The Labute approximate surface area is 111 Å². The average Bonchev–Trinajstić information content (AvgIpc) is 2.33. The highest BCUT2D eigenvalue weighted by molar-refractivity contribution is 5.51. The fourth-order valence-corrected chi connectivity index (χ4v) is 3.06. The van der Waals surface area contributed by atoms with Crippen LogP contribution >= 0.6 is 0 Å². The molecule has 2 nitrogen and oxygen atoms in total. The van der Waals surface area contributed by atoms with Crippen molar-refractivity contribution in [3.8, 4) is 5.75 Å². The van der Waals surface area contributed by atoms with Gasteiger partial charge in [-0.1, -0.05) is 13.8 Å². The van der Waals surface area contributed by atoms with Crippen molar-refractivity contribution in [2.45, 2.75) is 46.1 Å². The molecular formula is C16H25NO. The van der Waals surface area contributed by atoms with E-state index >= 15 is 0 Å². The first kappa shape index (κ1) is 13.3. The number of hydrogen-bond donors (Lipinski definition) is 1. The molecule has 100 valence electrons. The molecule has 0 radical (unpaired) electrons. The van der Waals surface area contributed by atoms with E-state index in [0.717, 1.165) is 17.6 Å². The largest absolute Gasteiger partial charge is 0.496 e. The van der Waals surface area contributed by atoms with E-state index in [-0.39, 0.29) is 0 Å². The molecule has 0 bridgehead atoms. The van der Waals surface area contributed by atoms with Gasteiger partial charge in [0.2, 0.25) is 0 Å². The highest BCUT2D eigenvalue weighted by atomic mass is 16.5. The Hall–Kier alpha value is -1.18. The SMILES string of the molecule is COc1ccc(NC2CCC(C)CC2C)cc1C. The molecule has 1 aliphatic rings. The first-order valence-corrected chi connectivity index (χ1v) is 7.01. The summed E-state index contributed by atoms with van der Waals surface area (Å²) in [5.41, 5.74) is 2.42. The predicted molar refractivity (Wildman–Crippen MR) is 77.3 cm³/mol. The van der Waals surface area contributed by atoms with Gasteiger partial charge in [-0.25, -0.2) is 0 Å². The molecule has 1 fully saturated rings. The Morgan fingerprint density at radius 1 is 1.22 bits per heavy atom. The smallest absolute Gasteiger partial charge is 0.121 e. The third kappa shape index (κ3) is 2.98. The van der Waals surface area contributed by atoms with Gasteiger partial charge in [0.25, 0.3) is 0 Å². The molecule has 3 unspecified atom stereocenters. The summed E-state index contributed by atoms with van der Waals surface area (Å²) < 4.78 is 5.30. The molecule has 0 aromatic heterocycles. The fourth-order valence-electron chi connectivity index (χ4n) is 3.06. The monoisotopic (exact) mass is 247 g/mol. The molecule has 0 spiro atoms. The van der Waals surface area contributed by atoms with Crippen molar-refractivity contribution in [1.29, 1.82) is 0 Å². The molecule has 1 N–H and O–H groups in total. The van der Waals surface area contributed by atoms with Crippen molar-refractivity contribution in [2.75, 3.05) is 12.4 Å². The van der Waals surface area contributed by atoms with Crippen molar-refractivity contribution < 1.29 is 4.74 Å². The van der Waals surface area contributed by atoms with Gasteiger partial charge in [-0.3, -0.25) is 0 Å². The maximum atomic E-state index is 5.30. The van der Waals surface area contributed by atoms with E-state index < -0.39 is 0 Å². The minimum Gasteiger partial charge on any atom is -0.496 e. The molecule has 18 heavy (non-hydrogen) atoms. The molecule has 2 rings (SSSR count). The summed E-state index contributed by atoms with van der Waals surface area (Å²) in [6.45, 7) is 6.82. The van der Waals surface area contributed by atoms with E-state index in [1.807, 2.05) is 6.07 Å². The first-order valence-electron chi connectivity index (χ1n) is 7.01. The van der Waals surface area contributed by atoms with Gasteiger partial charge >= 0.3 is 0 Å². The molecular weight excluding hydrogens is 222 g/mol. The molecule has 0 aliphatic heterocycles. The lowest BCUT2D eigenvalue weighted by Crippen LogP contribution is -2.32. The van der Waals surface area contributed by atoms with Gasteiger partial charge in [0.05, 0.1) is 7.11 Å². The van der Waals surface area contributed by atoms with Gasteiger partial charge in [0.15, 0.2) is 0 Å². The van der Waals surface area contributed by atoms with Gasteiger partial charge in [-0.05, 0) is 61.8 Å². The van der Waals surface area contributed by atoms with E-state index in [2.05, 4.69) is 38.2 Å². The molecule has 1 saturated carbocycles. The molecule has 2 heteroatoms. The molecule has 1 aliphatic carbocycles. The highest BCUT2D eigenvalue weighted by Gasteiger charge is 2.25. The second kappa shape index (κ2) is 5.64. The zero-order valence-electron chi connectivity index (χ0n) is 12.0. The van der Waals surface area contributed by atoms with Crippen LogP contribution in [0.15, 0.2) is 18.2 Å². The van der Waals surface area contributed by atoms with Gasteiger partial charge in [-0.2, -0.15) is 0 Å². The number of benzene rings is 1. The topological polar surface area (TPSA) is 21.3 Å². The van der Waals surface area contributed by atoms with E-state index in [1.165, 1.54) is 30.5 Å².